The first kappa shape index (κ1) is 15.1. The highest BCUT2D eigenvalue weighted by atomic mass is 32.2. The van der Waals surface area contributed by atoms with Gasteiger partial charge in [0.05, 0.1) is 4.91 Å². The molecular formula is C17H16N2OS2. The van der Waals surface area contributed by atoms with Gasteiger partial charge in [0.1, 0.15) is 4.32 Å². The van der Waals surface area contributed by atoms with Gasteiger partial charge in [0.2, 0.25) is 0 Å². The molecule has 1 amide bonds. The molecule has 1 aromatic rings. The van der Waals surface area contributed by atoms with Crippen molar-refractivity contribution in [3.63, 3.8) is 0 Å². The van der Waals surface area contributed by atoms with E-state index in [0.29, 0.717) is 9.23 Å². The molecule has 1 heterocycles. The maximum atomic E-state index is 12.0. The lowest BCUT2D eigenvalue weighted by molar-refractivity contribution is -0.121. The van der Waals surface area contributed by atoms with Crippen LogP contribution >= 0.6 is 24.0 Å². The number of rotatable bonds is 3. The molecular weight excluding hydrogens is 312 g/mol. The van der Waals surface area contributed by atoms with Crippen LogP contribution in [0.5, 0.6) is 0 Å². The van der Waals surface area contributed by atoms with E-state index in [2.05, 4.69) is 29.6 Å². The van der Waals surface area contributed by atoms with Crippen molar-refractivity contribution in [2.75, 3.05) is 19.4 Å². The summed E-state index contributed by atoms with van der Waals surface area (Å²) in [5.41, 5.74) is 4.70. The van der Waals surface area contributed by atoms with Crippen molar-refractivity contribution in [1.82, 2.24) is 4.90 Å². The van der Waals surface area contributed by atoms with Crippen LogP contribution in [0, 0.1) is 0 Å². The Morgan fingerprint density at radius 2 is 2.18 bits per heavy atom. The molecule has 0 spiro atoms. The third kappa shape index (κ3) is 2.87. The number of carbonyl (C=O) groups is 1. The maximum Gasteiger partial charge on any atom is 0.265 e. The lowest BCUT2D eigenvalue weighted by Gasteiger charge is -2.07. The molecule has 1 aromatic carbocycles. The first-order valence-electron chi connectivity index (χ1n) is 6.98. The molecule has 1 fully saturated rings. The van der Waals surface area contributed by atoms with Crippen LogP contribution in [0.3, 0.4) is 0 Å². The van der Waals surface area contributed by atoms with Gasteiger partial charge >= 0.3 is 0 Å². The van der Waals surface area contributed by atoms with Gasteiger partial charge in [-0.2, -0.15) is 0 Å². The van der Waals surface area contributed by atoms with Crippen LogP contribution in [0.25, 0.3) is 5.57 Å². The zero-order valence-corrected chi connectivity index (χ0v) is 14.1. The van der Waals surface area contributed by atoms with Crippen molar-refractivity contribution in [3.05, 3.63) is 58.5 Å². The summed E-state index contributed by atoms with van der Waals surface area (Å²) >= 11 is 6.52. The van der Waals surface area contributed by atoms with Gasteiger partial charge in [-0.3, -0.25) is 9.69 Å². The molecule has 0 saturated carbocycles. The molecule has 0 radical (unpaired) electrons. The van der Waals surface area contributed by atoms with Crippen molar-refractivity contribution in [3.8, 4) is 0 Å². The van der Waals surface area contributed by atoms with Gasteiger partial charge in [-0.1, -0.05) is 48.3 Å². The minimum absolute atomic E-state index is 0.0125. The Balaban J connectivity index is 1.74. The molecule has 5 heteroatoms. The lowest BCUT2D eigenvalue weighted by Crippen LogP contribution is -2.22. The number of likely N-dealkylation sites (N-methyl/N-ethyl adjacent to an activating group) is 1. The van der Waals surface area contributed by atoms with E-state index >= 15 is 0 Å². The van der Waals surface area contributed by atoms with Gasteiger partial charge in [0.25, 0.3) is 5.91 Å². The molecule has 22 heavy (non-hydrogen) atoms. The number of benzene rings is 1. The number of carbonyl (C=O) groups excluding carboxylic acids is 1. The van der Waals surface area contributed by atoms with Crippen LogP contribution < -0.4 is 5.32 Å². The molecule has 3 rings (SSSR count). The summed E-state index contributed by atoms with van der Waals surface area (Å²) in [6, 6.07) is 8.32. The predicted octanol–water partition coefficient (Wildman–Crippen LogP) is 3.82. The smallest absolute Gasteiger partial charge is 0.265 e. The molecule has 0 atom stereocenters. The number of hydrogen-bond acceptors (Lipinski definition) is 4. The highest BCUT2D eigenvalue weighted by molar-refractivity contribution is 8.26. The molecule has 112 valence electrons. The first-order valence-corrected chi connectivity index (χ1v) is 8.20. The number of thiocarbonyl (C=S) groups is 1. The molecule has 0 unspecified atom stereocenters. The number of nitrogens with one attached hydrogen (secondary N) is 1. The van der Waals surface area contributed by atoms with Gasteiger partial charge in [-0.15, -0.1) is 0 Å². The van der Waals surface area contributed by atoms with Crippen LogP contribution in [0.1, 0.15) is 12.0 Å². The van der Waals surface area contributed by atoms with E-state index in [1.165, 1.54) is 27.8 Å². The fraction of sp³-hybridized carbons (Fsp3) is 0.176. The van der Waals surface area contributed by atoms with E-state index < -0.39 is 0 Å². The zero-order valence-electron chi connectivity index (χ0n) is 12.4. The second-order valence-corrected chi connectivity index (χ2v) is 6.86. The van der Waals surface area contributed by atoms with Gasteiger partial charge in [0.15, 0.2) is 0 Å². The molecule has 1 N–H and O–H groups in total. The van der Waals surface area contributed by atoms with Crippen LogP contribution in [0.4, 0.5) is 5.69 Å². The van der Waals surface area contributed by atoms with Crippen LogP contribution in [-0.4, -0.2) is 29.2 Å². The Hall–Kier alpha value is -1.85. The molecule has 2 aliphatic rings. The van der Waals surface area contributed by atoms with Gasteiger partial charge in [-0.25, -0.2) is 0 Å². The summed E-state index contributed by atoms with van der Waals surface area (Å²) in [5.74, 6) is -0.0125. The third-order valence-corrected chi connectivity index (χ3v) is 5.20. The number of nitrogens with zero attached hydrogens (tertiary/aromatic N) is 1. The summed E-state index contributed by atoms with van der Waals surface area (Å²) in [4.78, 5) is 14.3. The minimum Gasteiger partial charge on any atom is -0.388 e. The van der Waals surface area contributed by atoms with Crippen LogP contribution in [0.2, 0.25) is 0 Å². The quantitative estimate of drug-likeness (QED) is 0.675. The Morgan fingerprint density at radius 3 is 2.86 bits per heavy atom. The minimum atomic E-state index is -0.0125. The van der Waals surface area contributed by atoms with Crippen molar-refractivity contribution < 1.29 is 4.79 Å². The predicted molar refractivity (Wildman–Crippen MR) is 97.7 cm³/mol. The van der Waals surface area contributed by atoms with Crippen molar-refractivity contribution in [1.29, 1.82) is 0 Å². The number of hydrogen-bond donors (Lipinski definition) is 1. The lowest BCUT2D eigenvalue weighted by atomic mass is 10.0. The second-order valence-electron chi connectivity index (χ2n) is 5.18. The van der Waals surface area contributed by atoms with E-state index in [4.69, 9.17) is 12.2 Å². The summed E-state index contributed by atoms with van der Waals surface area (Å²) in [6.07, 6.45) is 6.98. The third-order valence-electron chi connectivity index (χ3n) is 3.72. The standard InChI is InChI=1S/C17H16N2OS2/c1-18-14-5-3-4-12(10-14)13-7-6-11(8-13)9-15-16(20)19(2)17(21)22-15/h3-7,9-10,18H,8H2,1-2H3/b15-9-. The Kier molecular flexibility index (Phi) is 4.18. The van der Waals surface area contributed by atoms with Gasteiger partial charge in [-0.05, 0) is 41.3 Å². The Labute approximate surface area is 139 Å². The SMILES string of the molecule is CNc1cccc(C2=CC=C(/C=C3\SC(=S)N(C)C3=O)C2)c1. The fourth-order valence-electron chi connectivity index (χ4n) is 2.43. The van der Waals surface area contributed by atoms with E-state index in [1.54, 1.807) is 7.05 Å². The van der Waals surface area contributed by atoms with Crippen molar-refractivity contribution in [2.24, 2.45) is 0 Å². The van der Waals surface area contributed by atoms with E-state index in [9.17, 15) is 4.79 Å². The fourth-order valence-corrected chi connectivity index (χ4v) is 3.63. The molecule has 0 bridgehead atoms. The van der Waals surface area contributed by atoms with Crippen molar-refractivity contribution >= 4 is 45.5 Å². The van der Waals surface area contributed by atoms with E-state index in [-0.39, 0.29) is 5.91 Å². The summed E-state index contributed by atoms with van der Waals surface area (Å²) < 4.78 is 0.616. The van der Waals surface area contributed by atoms with E-state index in [1.807, 2.05) is 25.3 Å². The average molecular weight is 328 g/mol. The Bertz CT molecular complexity index is 747. The molecule has 1 saturated heterocycles. The largest absolute Gasteiger partial charge is 0.388 e. The first-order chi connectivity index (χ1) is 10.6. The topological polar surface area (TPSA) is 32.3 Å². The molecule has 0 aromatic heterocycles. The number of allylic oxidation sites excluding steroid dienone is 5. The second kappa shape index (κ2) is 6.10. The Morgan fingerprint density at radius 1 is 1.36 bits per heavy atom. The number of thioether (sulfide) groups is 1. The monoisotopic (exact) mass is 328 g/mol. The summed E-state index contributed by atoms with van der Waals surface area (Å²) in [6.45, 7) is 0. The normalized spacial score (nSPS) is 19.7. The van der Waals surface area contributed by atoms with E-state index in [0.717, 1.165) is 17.7 Å². The zero-order chi connectivity index (χ0) is 15.7. The highest BCUT2D eigenvalue weighted by Crippen LogP contribution is 2.35. The molecule has 1 aliphatic heterocycles. The highest BCUT2D eigenvalue weighted by Gasteiger charge is 2.29. The average Bonchev–Trinajstić information content (AvgIpc) is 3.09. The van der Waals surface area contributed by atoms with Gasteiger partial charge < -0.3 is 5.32 Å². The molecule has 1 aliphatic carbocycles. The van der Waals surface area contributed by atoms with Gasteiger partial charge in [0, 0.05) is 19.8 Å². The number of anilines is 1. The summed E-state index contributed by atoms with van der Waals surface area (Å²) in [5, 5.41) is 3.15. The summed E-state index contributed by atoms with van der Waals surface area (Å²) in [7, 11) is 3.63. The van der Waals surface area contributed by atoms with Crippen molar-refractivity contribution in [2.45, 2.75) is 6.42 Å². The maximum absolute atomic E-state index is 12.0. The number of amides is 1. The van der Waals surface area contributed by atoms with Crippen LogP contribution in [0.15, 0.2) is 53.0 Å². The van der Waals surface area contributed by atoms with Crippen LogP contribution in [-0.2, 0) is 4.79 Å². The molecule has 3 nitrogen and oxygen atoms in total.